The first-order chi connectivity index (χ1) is 16.4. The highest BCUT2D eigenvalue weighted by atomic mass is 16.7. The van der Waals surface area contributed by atoms with Crippen molar-refractivity contribution in [2.75, 3.05) is 0 Å². The van der Waals surface area contributed by atoms with Crippen molar-refractivity contribution < 1.29 is 29.1 Å². The van der Waals surface area contributed by atoms with E-state index in [-0.39, 0.29) is 43.6 Å². The lowest BCUT2D eigenvalue weighted by molar-refractivity contribution is -0.197. The van der Waals surface area contributed by atoms with Crippen molar-refractivity contribution in [3.63, 3.8) is 0 Å². The van der Waals surface area contributed by atoms with Gasteiger partial charge in [0.15, 0.2) is 0 Å². The lowest BCUT2D eigenvalue weighted by Gasteiger charge is -2.12. The molecule has 0 spiro atoms. The summed E-state index contributed by atoms with van der Waals surface area (Å²) in [5.41, 5.74) is 2.75. The van der Waals surface area contributed by atoms with Gasteiger partial charge in [0.05, 0.1) is 6.42 Å². The van der Waals surface area contributed by atoms with Gasteiger partial charge >= 0.3 is 5.97 Å². The van der Waals surface area contributed by atoms with Gasteiger partial charge < -0.3 is 9.94 Å². The van der Waals surface area contributed by atoms with Crippen LogP contribution in [0.1, 0.15) is 42.4 Å². The molecule has 0 aromatic heterocycles. The van der Waals surface area contributed by atoms with Crippen molar-refractivity contribution in [3.8, 4) is 5.75 Å². The number of carbonyl (C=O) groups excluding carboxylic acids is 4. The summed E-state index contributed by atoms with van der Waals surface area (Å²) in [5, 5.41) is 12.3. The predicted molar refractivity (Wildman–Crippen MR) is 126 cm³/mol. The van der Waals surface area contributed by atoms with Crippen LogP contribution in [0, 0.1) is 0 Å². The van der Waals surface area contributed by atoms with Crippen molar-refractivity contribution in [1.29, 1.82) is 0 Å². The van der Waals surface area contributed by atoms with E-state index in [1.165, 1.54) is 0 Å². The van der Waals surface area contributed by atoms with Crippen LogP contribution in [0.25, 0.3) is 22.9 Å². The minimum atomic E-state index is -0.779. The van der Waals surface area contributed by atoms with Gasteiger partial charge in [0, 0.05) is 31.1 Å². The zero-order valence-electron chi connectivity index (χ0n) is 18.4. The van der Waals surface area contributed by atoms with Crippen LogP contribution in [-0.2, 0) is 30.4 Å². The molecular formula is C27H23NO6. The lowest BCUT2D eigenvalue weighted by Crippen LogP contribution is -2.32. The Morgan fingerprint density at radius 2 is 1.53 bits per heavy atom. The van der Waals surface area contributed by atoms with Crippen molar-refractivity contribution in [2.45, 2.75) is 32.1 Å². The summed E-state index contributed by atoms with van der Waals surface area (Å²) in [4.78, 5) is 51.8. The molecule has 3 aromatic rings. The molecule has 7 heteroatoms. The Morgan fingerprint density at radius 3 is 2.24 bits per heavy atom. The molecular weight excluding hydrogens is 434 g/mol. The van der Waals surface area contributed by atoms with Gasteiger partial charge in [-0.1, -0.05) is 66.7 Å². The van der Waals surface area contributed by atoms with E-state index >= 15 is 0 Å². The van der Waals surface area contributed by atoms with Crippen LogP contribution < -0.4 is 0 Å². The second-order valence-electron chi connectivity index (χ2n) is 8.06. The number of rotatable bonds is 8. The number of nitrogens with zero attached hydrogens (tertiary/aromatic N) is 1. The average molecular weight is 457 g/mol. The first kappa shape index (κ1) is 22.9. The number of phenolic OH excluding ortho intramolecular Hbond substituents is 1. The zero-order valence-corrected chi connectivity index (χ0v) is 18.4. The summed E-state index contributed by atoms with van der Waals surface area (Å²) in [6.45, 7) is 0. The Bertz CT molecular complexity index is 1280. The third-order valence-corrected chi connectivity index (χ3v) is 5.58. The predicted octanol–water partition coefficient (Wildman–Crippen LogP) is 4.21. The van der Waals surface area contributed by atoms with Crippen LogP contribution in [0.15, 0.2) is 60.7 Å². The number of ketones is 1. The number of aromatic hydroxyl groups is 1. The van der Waals surface area contributed by atoms with Gasteiger partial charge in [0.1, 0.15) is 11.5 Å². The van der Waals surface area contributed by atoms with E-state index in [9.17, 15) is 24.3 Å². The molecule has 0 radical (unpaired) electrons. The summed E-state index contributed by atoms with van der Waals surface area (Å²) in [7, 11) is 0. The minimum absolute atomic E-state index is 0.0295. The van der Waals surface area contributed by atoms with E-state index < -0.39 is 17.8 Å². The Labute approximate surface area is 196 Å². The molecule has 1 N–H and O–H groups in total. The van der Waals surface area contributed by atoms with E-state index in [0.717, 1.165) is 27.5 Å². The van der Waals surface area contributed by atoms with Crippen molar-refractivity contribution >= 4 is 46.5 Å². The van der Waals surface area contributed by atoms with E-state index in [1.54, 1.807) is 6.07 Å². The van der Waals surface area contributed by atoms with Crippen LogP contribution in [0.5, 0.6) is 5.75 Å². The Morgan fingerprint density at radius 1 is 0.853 bits per heavy atom. The maximum absolute atomic E-state index is 12.2. The largest absolute Gasteiger partial charge is 0.507 e. The Kier molecular flexibility index (Phi) is 6.82. The average Bonchev–Trinajstić information content (AvgIpc) is 3.15. The summed E-state index contributed by atoms with van der Waals surface area (Å²) in [6.07, 6.45) is 3.93. The second-order valence-corrected chi connectivity index (χ2v) is 8.06. The van der Waals surface area contributed by atoms with Crippen LogP contribution >= 0.6 is 0 Å². The maximum atomic E-state index is 12.2. The highest BCUT2D eigenvalue weighted by Crippen LogP contribution is 2.28. The van der Waals surface area contributed by atoms with E-state index in [2.05, 4.69) is 0 Å². The molecule has 1 fully saturated rings. The number of benzene rings is 3. The Balaban J connectivity index is 1.30. The van der Waals surface area contributed by atoms with Gasteiger partial charge in [-0.3, -0.25) is 14.4 Å². The van der Waals surface area contributed by atoms with Crippen molar-refractivity contribution in [1.82, 2.24) is 5.06 Å². The smallest absolute Gasteiger partial charge is 0.333 e. The molecule has 0 saturated carbocycles. The van der Waals surface area contributed by atoms with Crippen LogP contribution in [0.3, 0.4) is 0 Å². The molecule has 7 nitrogen and oxygen atoms in total. The minimum Gasteiger partial charge on any atom is -0.507 e. The standard InChI is InChI=1S/C27H23NO6/c29-21(12-16-27(33)34-28-25(31)14-15-26(28)32)17-19-7-5-18(6-8-19)9-10-20-11-13-24(30)23-4-2-1-3-22(20)23/h1-11,13,30H,12,14-17H2/b10-9+. The molecule has 0 aliphatic carbocycles. The number of imide groups is 1. The lowest BCUT2D eigenvalue weighted by atomic mass is 10.0. The number of hydroxylamine groups is 2. The monoisotopic (exact) mass is 457 g/mol. The quantitative estimate of drug-likeness (QED) is 0.402. The molecule has 1 aliphatic rings. The normalized spacial score (nSPS) is 13.7. The van der Waals surface area contributed by atoms with E-state index in [0.29, 0.717) is 5.06 Å². The Hall–Kier alpha value is -4.26. The SMILES string of the molecule is O=C(CCC(=O)ON1C(=O)CCC1=O)Cc1ccc(/C=C/c2ccc(O)c3ccccc23)cc1. The molecule has 0 bridgehead atoms. The third kappa shape index (κ3) is 5.38. The fourth-order valence-corrected chi connectivity index (χ4v) is 3.75. The van der Waals surface area contributed by atoms with Gasteiger partial charge in [-0.2, -0.15) is 0 Å². The number of phenols is 1. The number of carbonyl (C=O) groups is 4. The van der Waals surface area contributed by atoms with Gasteiger partial charge in [0.25, 0.3) is 11.8 Å². The molecule has 1 aliphatic heterocycles. The summed E-state index contributed by atoms with van der Waals surface area (Å²) in [6, 6.07) is 18.7. The molecule has 0 unspecified atom stereocenters. The molecule has 1 heterocycles. The van der Waals surface area contributed by atoms with Crippen molar-refractivity contribution in [2.24, 2.45) is 0 Å². The van der Waals surface area contributed by atoms with Gasteiger partial charge in [-0.15, -0.1) is 5.06 Å². The third-order valence-electron chi connectivity index (χ3n) is 5.58. The maximum Gasteiger partial charge on any atom is 0.333 e. The van der Waals surface area contributed by atoms with E-state index in [4.69, 9.17) is 4.84 Å². The van der Waals surface area contributed by atoms with Crippen LogP contribution in [-0.4, -0.2) is 33.7 Å². The second kappa shape index (κ2) is 10.1. The first-order valence-electron chi connectivity index (χ1n) is 11.0. The zero-order chi connectivity index (χ0) is 24.1. The van der Waals surface area contributed by atoms with Crippen LogP contribution in [0.4, 0.5) is 0 Å². The van der Waals surface area contributed by atoms with Gasteiger partial charge in [-0.05, 0) is 28.1 Å². The molecule has 3 aromatic carbocycles. The molecule has 4 rings (SSSR count). The fourth-order valence-electron chi connectivity index (χ4n) is 3.75. The summed E-state index contributed by atoms with van der Waals surface area (Å²) < 4.78 is 0. The highest BCUT2D eigenvalue weighted by Gasteiger charge is 2.32. The molecule has 172 valence electrons. The summed E-state index contributed by atoms with van der Waals surface area (Å²) >= 11 is 0. The number of hydrogen-bond acceptors (Lipinski definition) is 6. The summed E-state index contributed by atoms with van der Waals surface area (Å²) in [5.74, 6) is -1.77. The van der Waals surface area contributed by atoms with Crippen molar-refractivity contribution in [3.05, 3.63) is 77.4 Å². The number of hydrogen-bond donors (Lipinski definition) is 1. The first-order valence-corrected chi connectivity index (χ1v) is 11.0. The van der Waals surface area contributed by atoms with Crippen LogP contribution in [0.2, 0.25) is 0 Å². The molecule has 0 atom stereocenters. The highest BCUT2D eigenvalue weighted by molar-refractivity contribution is 6.01. The molecule has 1 saturated heterocycles. The fraction of sp³-hybridized carbons (Fsp3) is 0.185. The topological polar surface area (TPSA) is 101 Å². The molecule has 34 heavy (non-hydrogen) atoms. The number of Topliss-reactive ketones (excluding diaryl/α,β-unsaturated/α-hetero) is 1. The number of amides is 2. The van der Waals surface area contributed by atoms with Gasteiger partial charge in [-0.25, -0.2) is 4.79 Å². The van der Waals surface area contributed by atoms with E-state index in [1.807, 2.05) is 66.7 Å². The number of fused-ring (bicyclic) bond motifs is 1. The van der Waals surface area contributed by atoms with Gasteiger partial charge in [0.2, 0.25) is 0 Å². The molecule has 2 amide bonds.